The molecule has 2 N–H and O–H groups in total. The number of carbonyl (C=O) groups excluding carboxylic acids is 1. The van der Waals surface area contributed by atoms with Gasteiger partial charge in [-0.05, 0) is 19.1 Å². The summed E-state index contributed by atoms with van der Waals surface area (Å²) < 4.78 is 24.6. The first kappa shape index (κ1) is 14.0. The Kier molecular flexibility index (Phi) is 4.53. The van der Waals surface area contributed by atoms with Crippen molar-refractivity contribution < 1.29 is 13.2 Å². The minimum atomic E-state index is -3.37. The fourth-order valence-corrected chi connectivity index (χ4v) is 1.80. The van der Waals surface area contributed by atoms with Crippen molar-refractivity contribution in [1.82, 2.24) is 0 Å². The molecule has 0 saturated heterocycles. The molecule has 7 heteroatoms. The third-order valence-corrected chi connectivity index (χ3v) is 2.85. The molecular formula is C10H13BrN2O3S. The van der Waals surface area contributed by atoms with E-state index < -0.39 is 10.0 Å². The fourth-order valence-electron chi connectivity index (χ4n) is 1.11. The standard InChI is InChI=1S/C10H13BrN2O3S/c1-7(11)10(14)12-8-5-3-4-6-9(8)13-17(2,15)16/h3-7,13H,1-2H3,(H,12,14). The second-order valence-corrected chi connectivity index (χ2v) is 6.65. The molecule has 1 amide bonds. The molecule has 1 atom stereocenters. The molecule has 0 radical (unpaired) electrons. The molecule has 1 aromatic rings. The van der Waals surface area contributed by atoms with Crippen LogP contribution < -0.4 is 10.0 Å². The van der Waals surface area contributed by atoms with Crippen LogP contribution in [-0.2, 0) is 14.8 Å². The Balaban J connectivity index is 2.96. The van der Waals surface area contributed by atoms with Gasteiger partial charge in [0.25, 0.3) is 0 Å². The molecule has 0 fully saturated rings. The molecule has 17 heavy (non-hydrogen) atoms. The van der Waals surface area contributed by atoms with Crippen molar-refractivity contribution in [3.8, 4) is 0 Å². The topological polar surface area (TPSA) is 75.3 Å². The van der Waals surface area contributed by atoms with Gasteiger partial charge < -0.3 is 5.32 Å². The molecule has 94 valence electrons. The first-order valence-corrected chi connectivity index (χ1v) is 7.62. The number of nitrogens with one attached hydrogen (secondary N) is 2. The van der Waals surface area contributed by atoms with Crippen molar-refractivity contribution in [1.29, 1.82) is 0 Å². The summed E-state index contributed by atoms with van der Waals surface area (Å²) in [6, 6.07) is 6.60. The summed E-state index contributed by atoms with van der Waals surface area (Å²) in [7, 11) is -3.37. The molecule has 1 rings (SSSR count). The lowest BCUT2D eigenvalue weighted by molar-refractivity contribution is -0.115. The monoisotopic (exact) mass is 320 g/mol. The SMILES string of the molecule is CC(Br)C(=O)Nc1ccccc1NS(C)(=O)=O. The Hall–Kier alpha value is -1.08. The lowest BCUT2D eigenvalue weighted by Crippen LogP contribution is -2.21. The molecule has 0 spiro atoms. The maximum Gasteiger partial charge on any atom is 0.237 e. The highest BCUT2D eigenvalue weighted by Gasteiger charge is 2.12. The summed E-state index contributed by atoms with van der Waals surface area (Å²) in [5.41, 5.74) is 0.769. The van der Waals surface area contributed by atoms with Crippen LogP contribution in [0.3, 0.4) is 0 Å². The second-order valence-electron chi connectivity index (χ2n) is 3.53. The van der Waals surface area contributed by atoms with Crippen molar-refractivity contribution in [2.45, 2.75) is 11.8 Å². The lowest BCUT2D eigenvalue weighted by Gasteiger charge is -2.12. The lowest BCUT2D eigenvalue weighted by atomic mass is 10.2. The van der Waals surface area contributed by atoms with Crippen molar-refractivity contribution >= 4 is 43.2 Å². The molecule has 1 aromatic carbocycles. The van der Waals surface area contributed by atoms with Gasteiger partial charge in [-0.25, -0.2) is 8.42 Å². The smallest absolute Gasteiger partial charge is 0.237 e. The normalized spacial score (nSPS) is 12.9. The van der Waals surface area contributed by atoms with Crippen LogP contribution in [0.1, 0.15) is 6.92 Å². The van der Waals surface area contributed by atoms with Gasteiger partial charge in [-0.3, -0.25) is 9.52 Å². The molecular weight excluding hydrogens is 308 g/mol. The number of amides is 1. The van der Waals surface area contributed by atoms with Gasteiger partial charge in [0, 0.05) is 0 Å². The summed E-state index contributed by atoms with van der Waals surface area (Å²) in [6.07, 6.45) is 1.05. The first-order chi connectivity index (χ1) is 7.79. The number of hydrogen-bond acceptors (Lipinski definition) is 3. The van der Waals surface area contributed by atoms with Gasteiger partial charge >= 0.3 is 0 Å². The van der Waals surface area contributed by atoms with E-state index in [0.29, 0.717) is 11.4 Å². The van der Waals surface area contributed by atoms with E-state index in [2.05, 4.69) is 26.0 Å². The molecule has 0 aliphatic rings. The van der Waals surface area contributed by atoms with Gasteiger partial charge in [0.1, 0.15) is 0 Å². The van der Waals surface area contributed by atoms with E-state index in [4.69, 9.17) is 0 Å². The predicted octanol–water partition coefficient (Wildman–Crippen LogP) is 1.78. The zero-order valence-corrected chi connectivity index (χ0v) is 11.8. The zero-order valence-electron chi connectivity index (χ0n) is 9.40. The van der Waals surface area contributed by atoms with E-state index in [-0.39, 0.29) is 10.7 Å². The van der Waals surface area contributed by atoms with E-state index in [0.717, 1.165) is 6.26 Å². The molecule has 0 bridgehead atoms. The fraction of sp³-hybridized carbons (Fsp3) is 0.300. The van der Waals surface area contributed by atoms with Crippen molar-refractivity contribution in [2.75, 3.05) is 16.3 Å². The number of benzene rings is 1. The van der Waals surface area contributed by atoms with E-state index in [1.807, 2.05) is 0 Å². The maximum absolute atomic E-state index is 11.5. The summed E-state index contributed by atoms with van der Waals surface area (Å²) in [6.45, 7) is 1.68. The molecule has 0 heterocycles. The van der Waals surface area contributed by atoms with Gasteiger partial charge in [0.15, 0.2) is 0 Å². The largest absolute Gasteiger partial charge is 0.323 e. The van der Waals surface area contributed by atoms with Crippen LogP contribution in [-0.4, -0.2) is 25.4 Å². The zero-order chi connectivity index (χ0) is 13.1. The van der Waals surface area contributed by atoms with Crippen LogP contribution in [0.2, 0.25) is 0 Å². The number of sulfonamides is 1. The van der Waals surface area contributed by atoms with Gasteiger partial charge in [-0.2, -0.15) is 0 Å². The summed E-state index contributed by atoms with van der Waals surface area (Å²) in [5.74, 6) is -0.243. The Morgan fingerprint density at radius 3 is 2.29 bits per heavy atom. The average molecular weight is 321 g/mol. The number of halogens is 1. The minimum Gasteiger partial charge on any atom is -0.323 e. The number of para-hydroxylation sites is 2. The van der Waals surface area contributed by atoms with E-state index in [1.54, 1.807) is 31.2 Å². The second kappa shape index (κ2) is 5.50. The highest BCUT2D eigenvalue weighted by Crippen LogP contribution is 2.22. The number of rotatable bonds is 4. The Morgan fingerprint density at radius 1 is 1.29 bits per heavy atom. The van der Waals surface area contributed by atoms with Crippen LogP contribution in [0.25, 0.3) is 0 Å². The summed E-state index contributed by atoms with van der Waals surface area (Å²) in [4.78, 5) is 11.1. The van der Waals surface area contributed by atoms with Crippen molar-refractivity contribution in [3.63, 3.8) is 0 Å². The van der Waals surface area contributed by atoms with Gasteiger partial charge in [0.2, 0.25) is 15.9 Å². The highest BCUT2D eigenvalue weighted by molar-refractivity contribution is 9.10. The van der Waals surface area contributed by atoms with Crippen LogP contribution >= 0.6 is 15.9 Å². The Morgan fingerprint density at radius 2 is 1.82 bits per heavy atom. The van der Waals surface area contributed by atoms with Crippen molar-refractivity contribution in [3.05, 3.63) is 24.3 Å². The molecule has 0 saturated carbocycles. The van der Waals surface area contributed by atoms with E-state index >= 15 is 0 Å². The number of hydrogen-bond donors (Lipinski definition) is 2. The molecule has 0 aromatic heterocycles. The van der Waals surface area contributed by atoms with Crippen molar-refractivity contribution in [2.24, 2.45) is 0 Å². The van der Waals surface area contributed by atoms with E-state index in [1.165, 1.54) is 0 Å². The van der Waals surface area contributed by atoms with Crippen LogP contribution in [0.5, 0.6) is 0 Å². The van der Waals surface area contributed by atoms with Crippen LogP contribution in [0.15, 0.2) is 24.3 Å². The number of alkyl halides is 1. The highest BCUT2D eigenvalue weighted by atomic mass is 79.9. The molecule has 5 nitrogen and oxygen atoms in total. The average Bonchev–Trinajstić information content (AvgIpc) is 2.18. The molecule has 0 aliphatic heterocycles. The molecule has 0 aliphatic carbocycles. The summed E-state index contributed by atoms with van der Waals surface area (Å²) in [5, 5.41) is 2.62. The third kappa shape index (κ3) is 4.74. The minimum absolute atomic E-state index is 0.243. The predicted molar refractivity (Wildman–Crippen MR) is 71.9 cm³/mol. The number of anilines is 2. The maximum atomic E-state index is 11.5. The Labute approximate surface area is 109 Å². The quantitative estimate of drug-likeness (QED) is 0.830. The van der Waals surface area contributed by atoms with Gasteiger partial charge in [0.05, 0.1) is 22.5 Å². The van der Waals surface area contributed by atoms with Gasteiger partial charge in [-0.1, -0.05) is 28.1 Å². The Bertz CT molecular complexity index is 514. The molecule has 1 unspecified atom stereocenters. The van der Waals surface area contributed by atoms with E-state index in [9.17, 15) is 13.2 Å². The van der Waals surface area contributed by atoms with Gasteiger partial charge in [-0.15, -0.1) is 0 Å². The third-order valence-electron chi connectivity index (χ3n) is 1.84. The van der Waals surface area contributed by atoms with Crippen LogP contribution in [0, 0.1) is 0 Å². The van der Waals surface area contributed by atoms with Crippen LogP contribution in [0.4, 0.5) is 11.4 Å². The first-order valence-electron chi connectivity index (χ1n) is 4.81. The summed E-state index contributed by atoms with van der Waals surface area (Å²) >= 11 is 3.13. The number of carbonyl (C=O) groups is 1.